The highest BCUT2D eigenvalue weighted by Gasteiger charge is 2.19. The minimum absolute atomic E-state index is 0.204. The molecule has 0 spiro atoms. The summed E-state index contributed by atoms with van der Waals surface area (Å²) in [5.41, 5.74) is 5.94. The summed E-state index contributed by atoms with van der Waals surface area (Å²) in [5, 5.41) is 3.93. The summed E-state index contributed by atoms with van der Waals surface area (Å²) in [7, 11) is 0. The molecule has 10 heteroatoms. The summed E-state index contributed by atoms with van der Waals surface area (Å²) in [6, 6.07) is 8.00. The number of urea groups is 1. The number of hydrogen-bond acceptors (Lipinski definition) is 7. The number of anilines is 2. The average Bonchev–Trinajstić information content (AvgIpc) is 3.08. The molecule has 1 aromatic carbocycles. The van der Waals surface area contributed by atoms with E-state index in [0.29, 0.717) is 16.5 Å². The number of para-hydroxylation sites is 1. The number of amides is 4. The van der Waals surface area contributed by atoms with Crippen molar-refractivity contribution in [3.63, 3.8) is 0 Å². The minimum Gasteiger partial charge on any atom is -0.449 e. The standard InChI is InChI=1S/C18H18N4O5S/c1-11(16(25)21-17(19)26)27-15(24)9-8-13-10-28-18(20-13)22(12(2)23)14-6-4-3-5-7-14/h3-11H,1-2H3,(H3,19,21,25,26)/b9-8+/t11-/m0/s1. The monoisotopic (exact) mass is 402 g/mol. The number of nitrogens with zero attached hydrogens (tertiary/aromatic N) is 2. The van der Waals surface area contributed by atoms with Crippen molar-refractivity contribution < 1.29 is 23.9 Å². The summed E-state index contributed by atoms with van der Waals surface area (Å²) in [6.45, 7) is 2.73. The van der Waals surface area contributed by atoms with E-state index in [2.05, 4.69) is 4.98 Å². The van der Waals surface area contributed by atoms with Crippen LogP contribution in [0.3, 0.4) is 0 Å². The first-order chi connectivity index (χ1) is 13.3. The molecule has 0 bridgehead atoms. The van der Waals surface area contributed by atoms with E-state index in [1.165, 1.54) is 36.2 Å². The molecule has 1 atom stereocenters. The predicted octanol–water partition coefficient (Wildman–Crippen LogP) is 1.97. The fraction of sp³-hybridized carbons (Fsp3) is 0.167. The number of aromatic nitrogens is 1. The number of primary amides is 1. The first-order valence-corrected chi connectivity index (χ1v) is 8.96. The van der Waals surface area contributed by atoms with E-state index in [4.69, 9.17) is 10.5 Å². The maximum absolute atomic E-state index is 12.0. The second-order valence-electron chi connectivity index (χ2n) is 5.51. The van der Waals surface area contributed by atoms with E-state index in [0.717, 1.165) is 6.08 Å². The van der Waals surface area contributed by atoms with Gasteiger partial charge in [0.1, 0.15) is 0 Å². The molecule has 3 N–H and O–H groups in total. The lowest BCUT2D eigenvalue weighted by atomic mass is 10.3. The Labute approximate surface area is 164 Å². The van der Waals surface area contributed by atoms with Crippen LogP contribution >= 0.6 is 11.3 Å². The van der Waals surface area contributed by atoms with Crippen LogP contribution in [0.1, 0.15) is 19.5 Å². The molecule has 0 unspecified atom stereocenters. The third kappa shape index (κ3) is 5.74. The van der Waals surface area contributed by atoms with E-state index >= 15 is 0 Å². The van der Waals surface area contributed by atoms with Gasteiger partial charge in [0.05, 0.1) is 11.4 Å². The zero-order valence-corrected chi connectivity index (χ0v) is 15.9. The normalized spacial score (nSPS) is 11.6. The molecule has 1 aromatic heterocycles. The number of imide groups is 1. The van der Waals surface area contributed by atoms with Gasteiger partial charge in [-0.3, -0.25) is 19.8 Å². The van der Waals surface area contributed by atoms with Crippen LogP contribution in [0.2, 0.25) is 0 Å². The molecule has 9 nitrogen and oxygen atoms in total. The second kappa shape index (κ2) is 9.42. The Morgan fingerprint density at radius 3 is 2.54 bits per heavy atom. The number of esters is 1. The lowest BCUT2D eigenvalue weighted by molar-refractivity contribution is -0.149. The van der Waals surface area contributed by atoms with Gasteiger partial charge < -0.3 is 10.5 Å². The Hall–Kier alpha value is -3.53. The van der Waals surface area contributed by atoms with Crippen molar-refractivity contribution in [3.8, 4) is 0 Å². The Balaban J connectivity index is 2.05. The first-order valence-electron chi connectivity index (χ1n) is 8.08. The van der Waals surface area contributed by atoms with Crippen LogP contribution < -0.4 is 16.0 Å². The van der Waals surface area contributed by atoms with Crippen LogP contribution in [0.4, 0.5) is 15.6 Å². The summed E-state index contributed by atoms with van der Waals surface area (Å²) < 4.78 is 4.86. The second-order valence-corrected chi connectivity index (χ2v) is 6.35. The van der Waals surface area contributed by atoms with Gasteiger partial charge in [-0.15, -0.1) is 11.3 Å². The maximum atomic E-state index is 12.0. The number of nitrogens with one attached hydrogen (secondary N) is 1. The Kier molecular flexibility index (Phi) is 6.99. The third-order valence-corrected chi connectivity index (χ3v) is 4.17. The van der Waals surface area contributed by atoms with Crippen molar-refractivity contribution in [3.05, 3.63) is 47.5 Å². The van der Waals surface area contributed by atoms with Crippen molar-refractivity contribution in [1.82, 2.24) is 10.3 Å². The first kappa shape index (κ1) is 20.8. The van der Waals surface area contributed by atoms with Gasteiger partial charge in [-0.05, 0) is 25.1 Å². The lowest BCUT2D eigenvalue weighted by Gasteiger charge is -2.17. The van der Waals surface area contributed by atoms with Gasteiger partial charge >= 0.3 is 12.0 Å². The Bertz CT molecular complexity index is 910. The van der Waals surface area contributed by atoms with Gasteiger partial charge in [-0.25, -0.2) is 14.6 Å². The van der Waals surface area contributed by atoms with E-state index < -0.39 is 24.0 Å². The van der Waals surface area contributed by atoms with E-state index in [1.54, 1.807) is 17.5 Å². The van der Waals surface area contributed by atoms with Crippen molar-refractivity contribution in [2.45, 2.75) is 20.0 Å². The minimum atomic E-state index is -1.19. The zero-order valence-electron chi connectivity index (χ0n) is 15.1. The molecule has 0 radical (unpaired) electrons. The third-order valence-electron chi connectivity index (χ3n) is 3.33. The SMILES string of the molecule is CC(=O)N(c1ccccc1)c1nc(/C=C/C(=O)O[C@@H](C)C(=O)NC(N)=O)cs1. The molecule has 0 aliphatic carbocycles. The maximum Gasteiger partial charge on any atom is 0.331 e. The molecule has 0 fully saturated rings. The Morgan fingerprint density at radius 1 is 1.25 bits per heavy atom. The summed E-state index contributed by atoms with van der Waals surface area (Å²) in [4.78, 5) is 51.7. The molecule has 0 aliphatic heterocycles. The van der Waals surface area contributed by atoms with Crippen LogP contribution in [0.15, 0.2) is 41.8 Å². The number of rotatable bonds is 6. The predicted molar refractivity (Wildman–Crippen MR) is 104 cm³/mol. The van der Waals surface area contributed by atoms with Crippen molar-refractivity contribution in [2.75, 3.05) is 4.90 Å². The smallest absolute Gasteiger partial charge is 0.331 e. The number of nitrogens with two attached hydrogens (primary N) is 1. The molecule has 0 saturated heterocycles. The number of carbonyl (C=O) groups is 4. The van der Waals surface area contributed by atoms with Crippen LogP contribution in [0, 0.1) is 0 Å². The number of carbonyl (C=O) groups excluding carboxylic acids is 4. The van der Waals surface area contributed by atoms with Crippen LogP contribution in [-0.4, -0.2) is 34.9 Å². The van der Waals surface area contributed by atoms with E-state index in [-0.39, 0.29) is 5.91 Å². The highest BCUT2D eigenvalue weighted by atomic mass is 32.1. The van der Waals surface area contributed by atoms with Gasteiger partial charge in [0.25, 0.3) is 5.91 Å². The van der Waals surface area contributed by atoms with Gasteiger partial charge in [-0.1, -0.05) is 18.2 Å². The lowest BCUT2D eigenvalue weighted by Crippen LogP contribution is -2.42. The van der Waals surface area contributed by atoms with Crippen molar-refractivity contribution in [1.29, 1.82) is 0 Å². The molecule has 2 rings (SSSR count). The van der Waals surface area contributed by atoms with Gasteiger partial charge in [0, 0.05) is 18.4 Å². The average molecular weight is 402 g/mol. The number of hydrogen-bond donors (Lipinski definition) is 2. The fourth-order valence-corrected chi connectivity index (χ4v) is 2.96. The topological polar surface area (TPSA) is 132 Å². The van der Waals surface area contributed by atoms with Crippen LogP contribution in [0.25, 0.3) is 6.08 Å². The van der Waals surface area contributed by atoms with Gasteiger partial charge in [0.2, 0.25) is 5.91 Å². The number of thiazole rings is 1. The number of ether oxygens (including phenoxy) is 1. The summed E-state index contributed by atoms with van der Waals surface area (Å²) in [6.07, 6.45) is 1.29. The summed E-state index contributed by atoms with van der Waals surface area (Å²) in [5.74, 6) is -1.83. The van der Waals surface area contributed by atoms with Gasteiger partial charge in [-0.2, -0.15) is 0 Å². The molecule has 1 heterocycles. The van der Waals surface area contributed by atoms with Gasteiger partial charge in [0.15, 0.2) is 11.2 Å². The highest BCUT2D eigenvalue weighted by Crippen LogP contribution is 2.28. The van der Waals surface area contributed by atoms with Crippen LogP contribution in [-0.2, 0) is 19.1 Å². The summed E-state index contributed by atoms with van der Waals surface area (Å²) >= 11 is 1.23. The van der Waals surface area contributed by atoms with E-state index in [1.807, 2.05) is 23.5 Å². The highest BCUT2D eigenvalue weighted by molar-refractivity contribution is 7.14. The van der Waals surface area contributed by atoms with Crippen LogP contribution in [0.5, 0.6) is 0 Å². The molecular weight excluding hydrogens is 384 g/mol. The van der Waals surface area contributed by atoms with Crippen molar-refractivity contribution in [2.24, 2.45) is 5.73 Å². The largest absolute Gasteiger partial charge is 0.449 e. The number of benzene rings is 1. The molecule has 2 aromatic rings. The molecule has 4 amide bonds. The fourth-order valence-electron chi connectivity index (χ4n) is 2.10. The molecule has 0 aliphatic rings. The van der Waals surface area contributed by atoms with E-state index in [9.17, 15) is 19.2 Å². The zero-order chi connectivity index (χ0) is 20.7. The molecule has 0 saturated carbocycles. The molecular formula is C18H18N4O5S. The Morgan fingerprint density at radius 2 is 1.93 bits per heavy atom. The molecule has 146 valence electrons. The molecule has 28 heavy (non-hydrogen) atoms. The van der Waals surface area contributed by atoms with Crippen molar-refractivity contribution >= 4 is 52.0 Å². The quantitative estimate of drug-likeness (QED) is 0.561.